The molecule has 3 aromatic rings. The van der Waals surface area contributed by atoms with Gasteiger partial charge in [0.25, 0.3) is 0 Å². The summed E-state index contributed by atoms with van der Waals surface area (Å²) in [6.45, 7) is 5.49. The molecule has 0 unspecified atom stereocenters. The summed E-state index contributed by atoms with van der Waals surface area (Å²) in [5, 5.41) is 6.53. The van der Waals surface area contributed by atoms with Gasteiger partial charge in [0.15, 0.2) is 17.5 Å². The van der Waals surface area contributed by atoms with Crippen LogP contribution in [-0.2, 0) is 13.1 Å². The van der Waals surface area contributed by atoms with Crippen LogP contribution in [0.5, 0.6) is 17.2 Å². The lowest BCUT2D eigenvalue weighted by molar-refractivity contribution is 0.288. The first-order valence-electron chi connectivity index (χ1n) is 10.4. The molecule has 0 atom stereocenters. The average molecular weight is 439 g/mol. The van der Waals surface area contributed by atoms with E-state index >= 15 is 0 Å². The Balaban J connectivity index is 1.60. The second-order valence-corrected chi connectivity index (χ2v) is 7.05. The minimum atomic E-state index is 0.477. The number of hydrogen-bond donors (Lipinski definition) is 2. The van der Waals surface area contributed by atoms with Crippen LogP contribution in [0.15, 0.2) is 52.1 Å². The topological polar surface area (TPSA) is 90.1 Å². The number of aliphatic imine (C=N–C) groups is 1. The normalized spacial score (nSPS) is 11.2. The molecule has 1 aromatic heterocycles. The molecular weight excluding hydrogens is 408 g/mol. The number of nitrogens with zero attached hydrogens (tertiary/aromatic N) is 2. The van der Waals surface area contributed by atoms with Gasteiger partial charge in [0, 0.05) is 19.2 Å². The first-order chi connectivity index (χ1) is 15.6. The van der Waals surface area contributed by atoms with Crippen LogP contribution >= 0.6 is 0 Å². The lowest BCUT2D eigenvalue weighted by Gasteiger charge is -2.16. The number of benzene rings is 2. The maximum atomic E-state index is 5.66. The van der Waals surface area contributed by atoms with Crippen molar-refractivity contribution in [3.8, 4) is 28.7 Å². The monoisotopic (exact) mass is 438 g/mol. The maximum absolute atomic E-state index is 5.66. The number of hydrogen-bond acceptors (Lipinski definition) is 6. The first-order valence-corrected chi connectivity index (χ1v) is 10.4. The smallest absolute Gasteiger partial charge is 0.226 e. The minimum absolute atomic E-state index is 0.477. The van der Waals surface area contributed by atoms with E-state index < -0.39 is 0 Å². The van der Waals surface area contributed by atoms with E-state index in [1.165, 1.54) is 5.56 Å². The molecule has 8 nitrogen and oxygen atoms in total. The van der Waals surface area contributed by atoms with Gasteiger partial charge < -0.3 is 29.3 Å². The van der Waals surface area contributed by atoms with Gasteiger partial charge in [-0.15, -0.1) is 0 Å². The Hall–Kier alpha value is -3.68. The molecule has 0 bridgehead atoms. The fraction of sp³-hybridized carbons (Fsp3) is 0.333. The van der Waals surface area contributed by atoms with Crippen LogP contribution in [0.2, 0.25) is 0 Å². The van der Waals surface area contributed by atoms with E-state index in [0.717, 1.165) is 16.8 Å². The van der Waals surface area contributed by atoms with E-state index in [2.05, 4.69) is 20.6 Å². The Morgan fingerprint density at radius 3 is 2.28 bits per heavy atom. The number of aryl methyl sites for hydroxylation is 1. The zero-order chi connectivity index (χ0) is 22.9. The van der Waals surface area contributed by atoms with E-state index in [-0.39, 0.29) is 0 Å². The van der Waals surface area contributed by atoms with Crippen LogP contribution < -0.4 is 24.8 Å². The quantitative estimate of drug-likeness (QED) is 0.386. The Bertz CT molecular complexity index is 1020. The van der Waals surface area contributed by atoms with Gasteiger partial charge in [0.1, 0.15) is 6.26 Å². The van der Waals surface area contributed by atoms with Gasteiger partial charge >= 0.3 is 0 Å². The van der Waals surface area contributed by atoms with E-state index in [1.54, 1.807) is 27.5 Å². The molecule has 2 aromatic carbocycles. The molecule has 1 heterocycles. The highest BCUT2D eigenvalue weighted by molar-refractivity contribution is 5.79. The van der Waals surface area contributed by atoms with Crippen molar-refractivity contribution in [2.75, 3.05) is 27.9 Å². The van der Waals surface area contributed by atoms with Crippen LogP contribution in [0.1, 0.15) is 23.7 Å². The van der Waals surface area contributed by atoms with Crippen molar-refractivity contribution >= 4 is 5.96 Å². The number of rotatable bonds is 9. The summed E-state index contributed by atoms with van der Waals surface area (Å²) in [5.74, 6) is 3.07. The zero-order valence-electron chi connectivity index (χ0n) is 19.2. The molecule has 0 aliphatic heterocycles. The summed E-state index contributed by atoms with van der Waals surface area (Å²) in [4.78, 5) is 8.82. The third kappa shape index (κ3) is 5.72. The molecule has 0 spiro atoms. The predicted octanol–water partition coefficient (Wildman–Crippen LogP) is 3.93. The first kappa shape index (κ1) is 23.0. The second kappa shape index (κ2) is 11.1. The van der Waals surface area contributed by atoms with Gasteiger partial charge in [-0.3, -0.25) is 4.99 Å². The lowest BCUT2D eigenvalue weighted by atomic mass is 10.1. The Labute approximate surface area is 188 Å². The molecule has 3 rings (SSSR count). The lowest BCUT2D eigenvalue weighted by Crippen LogP contribution is -2.36. The number of nitrogens with one attached hydrogen (secondary N) is 2. The molecular formula is C24H30N4O4. The van der Waals surface area contributed by atoms with Crippen LogP contribution in [-0.4, -0.2) is 38.8 Å². The van der Waals surface area contributed by atoms with Gasteiger partial charge in [-0.05, 0) is 43.7 Å². The van der Waals surface area contributed by atoms with Crippen molar-refractivity contribution in [3.05, 3.63) is 59.5 Å². The van der Waals surface area contributed by atoms with Crippen LogP contribution in [0.25, 0.3) is 11.5 Å². The van der Waals surface area contributed by atoms with Crippen molar-refractivity contribution in [1.82, 2.24) is 15.6 Å². The van der Waals surface area contributed by atoms with E-state index in [4.69, 9.17) is 18.6 Å². The SMILES string of the molecule is CCOc1c(OC)cc(CNC(=NC)NCc2coc(-c3ccc(C)cc3)n2)cc1OC. The highest BCUT2D eigenvalue weighted by atomic mass is 16.5. The van der Waals surface area contributed by atoms with Gasteiger partial charge in [0.05, 0.1) is 33.1 Å². The molecule has 0 fully saturated rings. The molecule has 0 saturated carbocycles. The fourth-order valence-electron chi connectivity index (χ4n) is 3.12. The molecule has 2 N–H and O–H groups in total. The molecule has 0 radical (unpaired) electrons. The third-order valence-electron chi connectivity index (χ3n) is 4.78. The summed E-state index contributed by atoms with van der Waals surface area (Å²) in [7, 11) is 4.94. The van der Waals surface area contributed by atoms with Gasteiger partial charge in [-0.2, -0.15) is 0 Å². The van der Waals surface area contributed by atoms with Crippen LogP contribution in [0.4, 0.5) is 0 Å². The minimum Gasteiger partial charge on any atom is -0.493 e. The number of oxazole rings is 1. The van der Waals surface area contributed by atoms with Crippen LogP contribution in [0, 0.1) is 6.92 Å². The van der Waals surface area contributed by atoms with Gasteiger partial charge in [0.2, 0.25) is 11.6 Å². The van der Waals surface area contributed by atoms with Crippen molar-refractivity contribution in [2.45, 2.75) is 26.9 Å². The number of methoxy groups -OCH3 is 2. The summed E-state index contributed by atoms with van der Waals surface area (Å²) in [5.41, 5.74) is 3.89. The predicted molar refractivity (Wildman–Crippen MR) is 124 cm³/mol. The number of aromatic nitrogens is 1. The molecule has 0 amide bonds. The fourth-order valence-corrected chi connectivity index (χ4v) is 3.12. The highest BCUT2D eigenvalue weighted by Crippen LogP contribution is 2.38. The second-order valence-electron chi connectivity index (χ2n) is 7.05. The summed E-state index contributed by atoms with van der Waals surface area (Å²) in [6, 6.07) is 11.9. The van der Waals surface area contributed by atoms with Crippen molar-refractivity contribution in [2.24, 2.45) is 4.99 Å². The van der Waals surface area contributed by atoms with Crippen molar-refractivity contribution < 1.29 is 18.6 Å². The standard InChI is InChI=1S/C24H30N4O4/c1-6-31-22-20(29-4)11-17(12-21(22)30-5)13-26-24(25-3)27-14-19-15-32-23(28-19)18-9-7-16(2)8-10-18/h7-12,15H,6,13-14H2,1-5H3,(H2,25,26,27). The molecule has 8 heteroatoms. The zero-order valence-corrected chi connectivity index (χ0v) is 19.2. The molecule has 0 saturated heterocycles. The van der Waals surface area contributed by atoms with E-state index in [1.807, 2.05) is 50.2 Å². The van der Waals surface area contributed by atoms with E-state index in [9.17, 15) is 0 Å². The molecule has 32 heavy (non-hydrogen) atoms. The summed E-state index contributed by atoms with van der Waals surface area (Å²) >= 11 is 0. The number of ether oxygens (including phenoxy) is 3. The highest BCUT2D eigenvalue weighted by Gasteiger charge is 2.14. The van der Waals surface area contributed by atoms with E-state index in [0.29, 0.717) is 48.8 Å². The van der Waals surface area contributed by atoms with Gasteiger partial charge in [-0.25, -0.2) is 4.98 Å². The van der Waals surface area contributed by atoms with Crippen molar-refractivity contribution in [3.63, 3.8) is 0 Å². The third-order valence-corrected chi connectivity index (χ3v) is 4.78. The summed E-state index contributed by atoms with van der Waals surface area (Å²) in [6.07, 6.45) is 1.65. The van der Waals surface area contributed by atoms with Gasteiger partial charge in [-0.1, -0.05) is 17.7 Å². The Morgan fingerprint density at radius 2 is 1.69 bits per heavy atom. The van der Waals surface area contributed by atoms with Crippen molar-refractivity contribution in [1.29, 1.82) is 0 Å². The molecule has 0 aliphatic carbocycles. The Morgan fingerprint density at radius 1 is 1.03 bits per heavy atom. The largest absolute Gasteiger partial charge is 0.493 e. The molecule has 0 aliphatic rings. The number of guanidine groups is 1. The van der Waals surface area contributed by atoms with Crippen LogP contribution in [0.3, 0.4) is 0 Å². The Kier molecular flexibility index (Phi) is 7.96. The summed E-state index contributed by atoms with van der Waals surface area (Å²) < 4.78 is 22.2. The average Bonchev–Trinajstić information content (AvgIpc) is 3.29. The maximum Gasteiger partial charge on any atom is 0.226 e. The molecule has 170 valence electrons.